The predicted molar refractivity (Wildman–Crippen MR) is 113 cm³/mol. The highest BCUT2D eigenvalue weighted by Crippen LogP contribution is 2.31. The van der Waals surface area contributed by atoms with Gasteiger partial charge in [-0.15, -0.1) is 0 Å². The Bertz CT molecular complexity index is 1110. The molecule has 1 amide bonds. The first kappa shape index (κ1) is 20.2. The van der Waals surface area contributed by atoms with E-state index in [4.69, 9.17) is 23.2 Å². The van der Waals surface area contributed by atoms with Crippen molar-refractivity contribution < 1.29 is 13.2 Å². The number of rotatable bonds is 5. The van der Waals surface area contributed by atoms with Crippen LogP contribution in [0.1, 0.15) is 15.9 Å². The van der Waals surface area contributed by atoms with Crippen LogP contribution in [0.25, 0.3) is 0 Å². The van der Waals surface area contributed by atoms with Gasteiger partial charge in [0.2, 0.25) is 0 Å². The van der Waals surface area contributed by atoms with E-state index in [1.807, 2.05) is 19.1 Å². The summed E-state index contributed by atoms with van der Waals surface area (Å²) in [4.78, 5) is 12.3. The summed E-state index contributed by atoms with van der Waals surface area (Å²) in [5.74, 6) is -0.278. The van der Waals surface area contributed by atoms with E-state index < -0.39 is 10.0 Å². The highest BCUT2D eigenvalue weighted by atomic mass is 35.5. The molecule has 0 aliphatic rings. The summed E-state index contributed by atoms with van der Waals surface area (Å²) in [6, 6.07) is 17.6. The van der Waals surface area contributed by atoms with Crippen molar-refractivity contribution in [3.8, 4) is 0 Å². The molecule has 0 bridgehead atoms. The molecule has 8 heteroatoms. The van der Waals surface area contributed by atoms with Crippen molar-refractivity contribution in [2.45, 2.75) is 11.8 Å². The van der Waals surface area contributed by atoms with Gasteiger partial charge in [0.1, 0.15) is 0 Å². The third kappa shape index (κ3) is 4.65. The average Bonchev–Trinajstić information content (AvgIpc) is 2.66. The molecular weight excluding hydrogens is 419 g/mol. The zero-order chi connectivity index (χ0) is 20.3. The fraction of sp³-hybridized carbons (Fsp3) is 0.0500. The highest BCUT2D eigenvalue weighted by molar-refractivity contribution is 7.92. The topological polar surface area (TPSA) is 75.3 Å². The summed E-state index contributed by atoms with van der Waals surface area (Å²) in [6.45, 7) is 1.94. The van der Waals surface area contributed by atoms with E-state index in [9.17, 15) is 13.2 Å². The second-order valence-electron chi connectivity index (χ2n) is 6.05. The number of sulfonamides is 1. The minimum atomic E-state index is -3.86. The standard InChI is InChI=1S/C20H16Cl2N2O3S/c1-13-5-7-14(8-6-13)20(25)23-15-9-11-16(12-10-15)28(26,27)24-18-4-2-3-17(21)19(18)22/h2-12,24H,1H3,(H,23,25). The number of amides is 1. The van der Waals surface area contributed by atoms with Crippen LogP contribution in [0.4, 0.5) is 11.4 Å². The van der Waals surface area contributed by atoms with Crippen LogP contribution in [0, 0.1) is 6.92 Å². The Morgan fingerprint density at radius 2 is 1.54 bits per heavy atom. The zero-order valence-corrected chi connectivity index (χ0v) is 17.1. The molecule has 144 valence electrons. The third-order valence-corrected chi connectivity index (χ3v) is 6.13. The Kier molecular flexibility index (Phi) is 5.93. The molecule has 28 heavy (non-hydrogen) atoms. The lowest BCUT2D eigenvalue weighted by molar-refractivity contribution is 0.102. The molecule has 0 radical (unpaired) electrons. The number of aryl methyl sites for hydroxylation is 1. The second-order valence-corrected chi connectivity index (χ2v) is 8.52. The first-order valence-corrected chi connectivity index (χ1v) is 10.4. The van der Waals surface area contributed by atoms with E-state index in [2.05, 4.69) is 10.0 Å². The first-order valence-electron chi connectivity index (χ1n) is 8.21. The van der Waals surface area contributed by atoms with E-state index in [1.165, 1.54) is 30.3 Å². The van der Waals surface area contributed by atoms with Crippen molar-refractivity contribution in [2.75, 3.05) is 10.0 Å². The van der Waals surface area contributed by atoms with Gasteiger partial charge in [0, 0.05) is 11.3 Å². The van der Waals surface area contributed by atoms with Gasteiger partial charge in [-0.1, -0.05) is 47.0 Å². The Balaban J connectivity index is 1.75. The van der Waals surface area contributed by atoms with Gasteiger partial charge in [-0.2, -0.15) is 0 Å². The molecule has 0 fully saturated rings. The predicted octanol–water partition coefficient (Wildman–Crippen LogP) is 5.35. The van der Waals surface area contributed by atoms with Crippen molar-refractivity contribution in [1.29, 1.82) is 0 Å². The number of hydrogen-bond donors (Lipinski definition) is 2. The van der Waals surface area contributed by atoms with Crippen LogP contribution in [0.5, 0.6) is 0 Å². The summed E-state index contributed by atoms with van der Waals surface area (Å²) in [5, 5.41) is 3.10. The molecular formula is C20H16Cl2N2O3S. The molecule has 0 saturated heterocycles. The molecule has 0 saturated carbocycles. The molecule has 0 aromatic heterocycles. The molecule has 3 aromatic carbocycles. The quantitative estimate of drug-likeness (QED) is 0.567. The van der Waals surface area contributed by atoms with Crippen LogP contribution in [-0.2, 0) is 10.0 Å². The van der Waals surface area contributed by atoms with E-state index in [0.29, 0.717) is 11.3 Å². The summed E-state index contributed by atoms with van der Waals surface area (Å²) in [7, 11) is -3.86. The van der Waals surface area contributed by atoms with Gasteiger partial charge in [-0.05, 0) is 55.5 Å². The van der Waals surface area contributed by atoms with Gasteiger partial charge in [0.25, 0.3) is 15.9 Å². The van der Waals surface area contributed by atoms with Crippen molar-refractivity contribution in [1.82, 2.24) is 0 Å². The minimum absolute atomic E-state index is 0.0249. The molecule has 0 atom stereocenters. The van der Waals surface area contributed by atoms with E-state index >= 15 is 0 Å². The molecule has 0 spiro atoms. The van der Waals surface area contributed by atoms with Gasteiger partial charge >= 0.3 is 0 Å². The molecule has 0 aliphatic heterocycles. The number of hydrogen-bond acceptors (Lipinski definition) is 3. The van der Waals surface area contributed by atoms with Gasteiger partial charge in [0.15, 0.2) is 0 Å². The lowest BCUT2D eigenvalue weighted by Crippen LogP contribution is -2.14. The molecule has 2 N–H and O–H groups in total. The van der Waals surface area contributed by atoms with Gasteiger partial charge in [-0.3, -0.25) is 9.52 Å². The Morgan fingerprint density at radius 3 is 2.18 bits per heavy atom. The van der Waals surface area contributed by atoms with Crippen LogP contribution >= 0.6 is 23.2 Å². The lowest BCUT2D eigenvalue weighted by atomic mass is 10.1. The van der Waals surface area contributed by atoms with Crippen LogP contribution in [-0.4, -0.2) is 14.3 Å². The van der Waals surface area contributed by atoms with Crippen LogP contribution in [0.15, 0.2) is 71.6 Å². The smallest absolute Gasteiger partial charge is 0.261 e. The van der Waals surface area contributed by atoms with Crippen molar-refractivity contribution >= 4 is 50.5 Å². The lowest BCUT2D eigenvalue weighted by Gasteiger charge is -2.11. The molecule has 0 unspecified atom stereocenters. The zero-order valence-electron chi connectivity index (χ0n) is 14.7. The number of nitrogens with one attached hydrogen (secondary N) is 2. The molecule has 0 heterocycles. The monoisotopic (exact) mass is 434 g/mol. The SMILES string of the molecule is Cc1ccc(C(=O)Nc2ccc(S(=O)(=O)Nc3cccc(Cl)c3Cl)cc2)cc1. The number of halogens is 2. The third-order valence-electron chi connectivity index (χ3n) is 3.93. The number of anilines is 2. The maximum Gasteiger partial charge on any atom is 0.261 e. The Hall–Kier alpha value is -2.54. The maximum atomic E-state index is 12.6. The van der Waals surface area contributed by atoms with Gasteiger partial charge in [-0.25, -0.2) is 8.42 Å². The fourth-order valence-corrected chi connectivity index (χ4v) is 3.89. The summed E-state index contributed by atoms with van der Waals surface area (Å²) in [5.41, 5.74) is 2.23. The van der Waals surface area contributed by atoms with Crippen molar-refractivity contribution in [2.24, 2.45) is 0 Å². The van der Waals surface area contributed by atoms with Gasteiger partial charge < -0.3 is 5.32 Å². The first-order chi connectivity index (χ1) is 13.3. The number of carbonyl (C=O) groups excluding carboxylic acids is 1. The van der Waals surface area contributed by atoms with Gasteiger partial charge in [0.05, 0.1) is 20.6 Å². The molecule has 5 nitrogen and oxygen atoms in total. The van der Waals surface area contributed by atoms with Crippen LogP contribution in [0.3, 0.4) is 0 Å². The molecule has 3 rings (SSSR count). The Labute approximate surface area is 173 Å². The minimum Gasteiger partial charge on any atom is -0.322 e. The summed E-state index contributed by atoms with van der Waals surface area (Å²) in [6.07, 6.45) is 0. The van der Waals surface area contributed by atoms with Crippen molar-refractivity contribution in [3.63, 3.8) is 0 Å². The number of benzene rings is 3. The fourth-order valence-electron chi connectivity index (χ4n) is 2.41. The second kappa shape index (κ2) is 8.22. The van der Waals surface area contributed by atoms with Crippen LogP contribution in [0.2, 0.25) is 10.0 Å². The van der Waals surface area contributed by atoms with Crippen LogP contribution < -0.4 is 10.0 Å². The van der Waals surface area contributed by atoms with Crippen molar-refractivity contribution in [3.05, 3.63) is 87.9 Å². The molecule has 3 aromatic rings. The normalized spacial score (nSPS) is 11.1. The molecule has 0 aliphatic carbocycles. The number of carbonyl (C=O) groups is 1. The van der Waals surface area contributed by atoms with E-state index in [-0.39, 0.29) is 26.5 Å². The van der Waals surface area contributed by atoms with E-state index in [0.717, 1.165) is 5.56 Å². The Morgan fingerprint density at radius 1 is 0.893 bits per heavy atom. The average molecular weight is 435 g/mol. The maximum absolute atomic E-state index is 12.6. The highest BCUT2D eigenvalue weighted by Gasteiger charge is 2.17. The largest absolute Gasteiger partial charge is 0.322 e. The van der Waals surface area contributed by atoms with E-state index in [1.54, 1.807) is 24.3 Å². The summed E-state index contributed by atoms with van der Waals surface area (Å²) >= 11 is 11.9. The summed E-state index contributed by atoms with van der Waals surface area (Å²) < 4.78 is 27.5.